The zero-order valence-electron chi connectivity index (χ0n) is 37.5. The Balaban J connectivity index is 0.911. The Hall–Kier alpha value is -6.82. The van der Waals surface area contributed by atoms with Gasteiger partial charge in [-0.2, -0.15) is 0 Å². The van der Waals surface area contributed by atoms with Gasteiger partial charge in [0.1, 0.15) is 0 Å². The number of fused-ring (bicyclic) bond motifs is 4. The van der Waals surface area contributed by atoms with E-state index in [0.717, 1.165) is 25.9 Å². The van der Waals surface area contributed by atoms with Gasteiger partial charge in [-0.3, -0.25) is 4.90 Å². The molecule has 2 fully saturated rings. The number of aromatic nitrogens is 1. The van der Waals surface area contributed by atoms with Crippen LogP contribution in [-0.4, -0.2) is 49.5 Å². The van der Waals surface area contributed by atoms with Crippen LogP contribution in [0.1, 0.15) is 41.5 Å². The monoisotopic (exact) mass is 868 g/mol. The van der Waals surface area contributed by atoms with E-state index in [4.69, 9.17) is 9.47 Å². The summed E-state index contributed by atoms with van der Waals surface area (Å²) in [6.45, 7) is 3.94. The largest absolute Gasteiger partial charge is 0.382 e. The molecule has 0 amide bonds. The fourth-order valence-corrected chi connectivity index (χ4v) is 18.8. The van der Waals surface area contributed by atoms with Crippen molar-refractivity contribution < 1.29 is 9.47 Å². The Kier molecular flexibility index (Phi) is 5.08. The molecule has 7 aliphatic rings. The summed E-state index contributed by atoms with van der Waals surface area (Å²) in [6, 6.07) is 38.5. The Bertz CT molecular complexity index is 4960. The van der Waals surface area contributed by atoms with Crippen molar-refractivity contribution in [1.29, 1.82) is 0 Å². The van der Waals surface area contributed by atoms with Gasteiger partial charge in [0, 0.05) is 60.0 Å². The van der Waals surface area contributed by atoms with Crippen LogP contribution in [0, 0.1) is 17.3 Å². The molecule has 5 atom stereocenters. The summed E-state index contributed by atoms with van der Waals surface area (Å²) in [5.41, 5.74) is 13.8. The number of likely N-dealkylation sites (tertiary alicyclic amines) is 1. The van der Waals surface area contributed by atoms with Crippen LogP contribution in [0.3, 0.4) is 0 Å². The number of rotatable bonds is 8. The summed E-state index contributed by atoms with van der Waals surface area (Å²) in [4.78, 5) is 2.92. The van der Waals surface area contributed by atoms with E-state index in [-0.39, 0.29) is 11.5 Å². The van der Waals surface area contributed by atoms with Crippen molar-refractivity contribution in [2.24, 2.45) is 17.3 Å². The molecule has 1 saturated carbocycles. The van der Waals surface area contributed by atoms with E-state index < -0.39 is 0 Å². The predicted molar refractivity (Wildman–Crippen MR) is 278 cm³/mol. The second kappa shape index (κ2) is 10.3. The van der Waals surface area contributed by atoms with Gasteiger partial charge in [0.15, 0.2) is 0 Å². The highest BCUT2D eigenvalue weighted by molar-refractivity contribution is 6.59. The first-order chi connectivity index (χ1) is 33.7. The molecular weight excluding hydrogens is 829 g/mol. The molecule has 13 aromatic carbocycles. The van der Waals surface area contributed by atoms with Crippen LogP contribution in [0.2, 0.25) is 0 Å². The maximum absolute atomic E-state index is 6.42. The molecule has 68 heavy (non-hydrogen) atoms. The predicted octanol–water partition coefficient (Wildman–Crippen LogP) is 10.9. The Morgan fingerprint density at radius 3 is 2.10 bits per heavy atom. The van der Waals surface area contributed by atoms with Crippen molar-refractivity contribution in [2.45, 2.75) is 31.2 Å². The third-order valence-corrected chi connectivity index (χ3v) is 20.4. The molecule has 21 rings (SSSR count). The van der Waals surface area contributed by atoms with Gasteiger partial charge in [0.05, 0.1) is 30.9 Å². The molecule has 14 aromatic rings. The molecule has 1 aromatic heterocycles. The van der Waals surface area contributed by atoms with Crippen molar-refractivity contribution in [1.82, 2.24) is 9.47 Å². The lowest BCUT2D eigenvalue weighted by Crippen LogP contribution is -2.47. The third-order valence-electron chi connectivity index (χ3n) is 20.4. The van der Waals surface area contributed by atoms with Gasteiger partial charge < -0.3 is 14.0 Å². The quantitative estimate of drug-likeness (QED) is 0.112. The molecule has 5 unspecified atom stereocenters. The molecule has 1 spiro atoms. The molecule has 4 heteroatoms. The maximum atomic E-state index is 6.42. The van der Waals surface area contributed by atoms with Crippen molar-refractivity contribution in [3.05, 3.63) is 135 Å². The van der Waals surface area contributed by atoms with E-state index in [9.17, 15) is 0 Å². The zero-order chi connectivity index (χ0) is 43.1. The van der Waals surface area contributed by atoms with E-state index >= 15 is 0 Å². The van der Waals surface area contributed by atoms with E-state index in [0.29, 0.717) is 37.6 Å². The van der Waals surface area contributed by atoms with Crippen LogP contribution in [-0.2, 0) is 15.9 Å². The molecule has 6 aliphatic carbocycles. The van der Waals surface area contributed by atoms with E-state index in [1.165, 1.54) is 60.9 Å². The second-order valence-electron chi connectivity index (χ2n) is 22.6. The fourth-order valence-electron chi connectivity index (χ4n) is 18.8. The van der Waals surface area contributed by atoms with Crippen molar-refractivity contribution in [2.75, 3.05) is 40.0 Å². The highest BCUT2D eigenvalue weighted by atomic mass is 16.5. The van der Waals surface area contributed by atoms with Gasteiger partial charge in [-0.25, -0.2) is 0 Å². The zero-order valence-corrected chi connectivity index (χ0v) is 37.5. The number of benzene rings is 9. The number of methoxy groups -OCH3 is 1. The molecule has 0 N–H and O–H groups in total. The van der Waals surface area contributed by atoms with Crippen molar-refractivity contribution in [3.63, 3.8) is 0 Å². The first-order valence-electron chi connectivity index (χ1n) is 25.4. The van der Waals surface area contributed by atoms with E-state index in [2.05, 4.69) is 113 Å². The van der Waals surface area contributed by atoms with E-state index in [1.54, 1.807) is 126 Å². The summed E-state index contributed by atoms with van der Waals surface area (Å²) in [5.74, 6) is 1.28. The van der Waals surface area contributed by atoms with Crippen LogP contribution in [0.5, 0.6) is 0 Å². The lowest BCUT2D eigenvalue weighted by Gasteiger charge is -2.44. The molecule has 1 saturated heterocycles. The number of nitrogens with zero attached hydrogens (tertiary/aromatic N) is 2. The van der Waals surface area contributed by atoms with Crippen LogP contribution in [0.25, 0.3) is 147 Å². The van der Waals surface area contributed by atoms with Crippen LogP contribution in [0.4, 0.5) is 0 Å². The summed E-state index contributed by atoms with van der Waals surface area (Å²) < 4.78 is 14.4. The SMILES string of the molecule is COCCOCCN1CC2C3=c4c5c6c7c8c9c(cc%10cc%11cc%12cc%13c%14c(c4c6c4c%14c%12c6c%11c%10c9c7c64)=C(C3)C%13)=CC3CC2(C=5C83)C1c1ccc(-n2c3ccccc3c3ccccc32)cc1. The van der Waals surface area contributed by atoms with Gasteiger partial charge in [-0.15, -0.1) is 0 Å². The normalized spacial score (nSPS) is 24.4. The molecule has 0 radical (unpaired) electrons. The lowest BCUT2D eigenvalue weighted by atomic mass is 9.59. The molecule has 318 valence electrons. The summed E-state index contributed by atoms with van der Waals surface area (Å²) in [5, 5.41) is 37.8. The van der Waals surface area contributed by atoms with Crippen LogP contribution < -0.4 is 20.9 Å². The highest BCUT2D eigenvalue weighted by Gasteiger charge is 2.66. The Labute approximate surface area is 387 Å². The fraction of sp³-hybridized carbons (Fsp3) is 0.219. The Morgan fingerprint density at radius 2 is 1.29 bits per heavy atom. The average Bonchev–Trinajstić information content (AvgIpc) is 4.25. The van der Waals surface area contributed by atoms with E-state index in [1.807, 2.05) is 5.57 Å². The molecule has 0 bridgehead atoms. The maximum Gasteiger partial charge on any atom is 0.0700 e. The minimum absolute atomic E-state index is 0.0506. The van der Waals surface area contributed by atoms with Gasteiger partial charge in [0.2, 0.25) is 0 Å². The summed E-state index contributed by atoms with van der Waals surface area (Å²) >= 11 is 0. The molecule has 2 heterocycles. The third kappa shape index (κ3) is 3.08. The molecular formula is C64H40N2O2. The number of hydrogen-bond acceptors (Lipinski definition) is 3. The second-order valence-corrected chi connectivity index (χ2v) is 22.6. The first-order valence-corrected chi connectivity index (χ1v) is 25.4. The van der Waals surface area contributed by atoms with Crippen LogP contribution >= 0.6 is 0 Å². The topological polar surface area (TPSA) is 26.6 Å². The van der Waals surface area contributed by atoms with Gasteiger partial charge in [0.25, 0.3) is 0 Å². The van der Waals surface area contributed by atoms with Gasteiger partial charge in [-0.1, -0.05) is 71.8 Å². The van der Waals surface area contributed by atoms with Crippen LogP contribution in [0.15, 0.2) is 97.1 Å². The highest BCUT2D eigenvalue weighted by Crippen LogP contribution is 2.74. The number of hydrogen-bond donors (Lipinski definition) is 0. The lowest BCUT2D eigenvalue weighted by molar-refractivity contribution is 0.0514. The standard InChI is InChI=1S/C64H40N2O2/c1-67-16-17-68-15-14-65-26-39-38-24-33-22-30-20-31-19-28-18-29-21-32-23-34-25-64(39,63(65)27-10-12-35(13-11-27)66-40-8-4-2-6-36(40)37-7-3-5-9-41(37)66)62-48(34)53-47(32)52-43(29)42(28)50-46(31)51-44(30)45(33)54-49(38)61(62)60-58(53)56(52)55(50)57(51)59(54)60/h2-13,18-21,23,34,39,48,63H,14-17,22,24-26H2,1H3. The summed E-state index contributed by atoms with van der Waals surface area (Å²) in [7, 11) is 1.78. The molecule has 1 aliphatic heterocycles. The van der Waals surface area contributed by atoms with Gasteiger partial charge in [-0.05, 0) is 208 Å². The minimum atomic E-state index is -0.0506. The summed E-state index contributed by atoms with van der Waals surface area (Å²) in [6.07, 6.45) is 6.21. The molecule has 4 nitrogen and oxygen atoms in total. The smallest absolute Gasteiger partial charge is 0.0700 e. The average molecular weight is 869 g/mol. The number of ether oxygens (including phenoxy) is 2. The Morgan fingerprint density at radius 1 is 0.603 bits per heavy atom. The first kappa shape index (κ1) is 33.6. The number of para-hydroxylation sites is 2. The van der Waals surface area contributed by atoms with Crippen molar-refractivity contribution in [3.8, 4) is 5.69 Å². The van der Waals surface area contributed by atoms with Gasteiger partial charge >= 0.3 is 0 Å². The van der Waals surface area contributed by atoms with Crippen molar-refractivity contribution >= 4 is 142 Å². The minimum Gasteiger partial charge on any atom is -0.382 e.